The Morgan fingerprint density at radius 1 is 1.16 bits per heavy atom. The summed E-state index contributed by atoms with van der Waals surface area (Å²) in [5.41, 5.74) is 0. The molecule has 0 amide bonds. The topological polar surface area (TPSA) is 57.5 Å². The minimum atomic E-state index is 0. The van der Waals surface area contributed by atoms with Gasteiger partial charge in [0.15, 0.2) is 5.96 Å². The molecule has 0 bridgehead atoms. The molecule has 1 saturated heterocycles. The molecule has 144 valence electrons. The quantitative estimate of drug-likeness (QED) is 0.372. The van der Waals surface area contributed by atoms with Crippen molar-refractivity contribution in [3.05, 3.63) is 18.7 Å². The van der Waals surface area contributed by atoms with Crippen LogP contribution in [0.4, 0.5) is 0 Å². The van der Waals surface area contributed by atoms with Crippen molar-refractivity contribution in [2.45, 2.75) is 52.1 Å². The Labute approximate surface area is 169 Å². The Morgan fingerprint density at radius 2 is 1.88 bits per heavy atom. The van der Waals surface area contributed by atoms with Crippen molar-refractivity contribution in [3.63, 3.8) is 0 Å². The largest absolute Gasteiger partial charge is 0.355 e. The first-order chi connectivity index (χ1) is 11.7. The summed E-state index contributed by atoms with van der Waals surface area (Å²) in [6.07, 6.45) is 11.1. The van der Waals surface area contributed by atoms with Crippen LogP contribution in [0.2, 0.25) is 0 Å². The van der Waals surface area contributed by atoms with Crippen molar-refractivity contribution < 1.29 is 0 Å². The lowest BCUT2D eigenvalue weighted by Crippen LogP contribution is -2.50. The predicted octanol–water partition coefficient (Wildman–Crippen LogP) is 2.57. The molecule has 1 unspecified atom stereocenters. The summed E-state index contributed by atoms with van der Waals surface area (Å²) in [4.78, 5) is 11.1. The molecule has 0 saturated carbocycles. The molecule has 25 heavy (non-hydrogen) atoms. The second-order valence-electron chi connectivity index (χ2n) is 6.94. The number of guanidine groups is 1. The fraction of sp³-hybridized carbons (Fsp3) is 0.778. The van der Waals surface area contributed by atoms with E-state index < -0.39 is 0 Å². The SMILES string of the molecule is CN=C(NCCn1ccnc1)NCC(C(C)C)N1CCCCCC1.I. The molecule has 2 rings (SSSR count). The van der Waals surface area contributed by atoms with Crippen LogP contribution in [0.15, 0.2) is 23.7 Å². The van der Waals surface area contributed by atoms with E-state index in [4.69, 9.17) is 0 Å². The lowest BCUT2D eigenvalue weighted by molar-refractivity contribution is 0.161. The van der Waals surface area contributed by atoms with E-state index in [1.807, 2.05) is 25.8 Å². The first-order valence-electron chi connectivity index (χ1n) is 9.35. The van der Waals surface area contributed by atoms with E-state index in [0.717, 1.165) is 25.6 Å². The first kappa shape index (κ1) is 22.2. The summed E-state index contributed by atoms with van der Waals surface area (Å²) < 4.78 is 2.06. The lowest BCUT2D eigenvalue weighted by atomic mass is 10.0. The maximum atomic E-state index is 4.35. The number of rotatable bonds is 7. The Bertz CT molecular complexity index is 466. The van der Waals surface area contributed by atoms with E-state index in [0.29, 0.717) is 12.0 Å². The lowest BCUT2D eigenvalue weighted by Gasteiger charge is -2.34. The van der Waals surface area contributed by atoms with Crippen LogP contribution in [0.1, 0.15) is 39.5 Å². The Morgan fingerprint density at radius 3 is 2.44 bits per heavy atom. The van der Waals surface area contributed by atoms with Crippen molar-refractivity contribution in [3.8, 4) is 0 Å². The zero-order chi connectivity index (χ0) is 17.2. The van der Waals surface area contributed by atoms with Crippen molar-refractivity contribution in [1.29, 1.82) is 0 Å². The number of nitrogens with zero attached hydrogens (tertiary/aromatic N) is 4. The van der Waals surface area contributed by atoms with Gasteiger partial charge in [0, 0.05) is 45.1 Å². The van der Waals surface area contributed by atoms with Crippen LogP contribution in [0.5, 0.6) is 0 Å². The molecule has 1 aromatic heterocycles. The molecular formula is C18H35IN6. The molecule has 0 spiro atoms. The fourth-order valence-corrected chi connectivity index (χ4v) is 3.36. The average Bonchev–Trinajstić information content (AvgIpc) is 2.94. The normalized spacial score (nSPS) is 17.7. The summed E-state index contributed by atoms with van der Waals surface area (Å²) in [6.45, 7) is 9.79. The summed E-state index contributed by atoms with van der Waals surface area (Å²) in [7, 11) is 1.84. The van der Waals surface area contributed by atoms with E-state index in [-0.39, 0.29) is 24.0 Å². The minimum Gasteiger partial charge on any atom is -0.355 e. The van der Waals surface area contributed by atoms with Crippen LogP contribution in [-0.4, -0.2) is 59.7 Å². The van der Waals surface area contributed by atoms with E-state index in [1.54, 1.807) is 0 Å². The van der Waals surface area contributed by atoms with Crippen molar-refractivity contribution in [2.24, 2.45) is 10.9 Å². The Balaban J connectivity index is 0.00000312. The maximum Gasteiger partial charge on any atom is 0.191 e. The van der Waals surface area contributed by atoms with Crippen molar-refractivity contribution in [2.75, 3.05) is 33.2 Å². The average molecular weight is 462 g/mol. The van der Waals surface area contributed by atoms with Gasteiger partial charge in [0.2, 0.25) is 0 Å². The molecule has 1 aromatic rings. The van der Waals surface area contributed by atoms with Crippen LogP contribution >= 0.6 is 24.0 Å². The monoisotopic (exact) mass is 462 g/mol. The van der Waals surface area contributed by atoms with E-state index in [1.165, 1.54) is 38.8 Å². The van der Waals surface area contributed by atoms with Gasteiger partial charge in [0.25, 0.3) is 0 Å². The highest BCUT2D eigenvalue weighted by atomic mass is 127. The van der Waals surface area contributed by atoms with Crippen molar-refractivity contribution in [1.82, 2.24) is 25.1 Å². The first-order valence-corrected chi connectivity index (χ1v) is 9.35. The van der Waals surface area contributed by atoms with Crippen LogP contribution < -0.4 is 10.6 Å². The van der Waals surface area contributed by atoms with Gasteiger partial charge in [-0.3, -0.25) is 9.89 Å². The number of aromatic nitrogens is 2. The minimum absolute atomic E-state index is 0. The van der Waals surface area contributed by atoms with Crippen molar-refractivity contribution >= 4 is 29.9 Å². The highest BCUT2D eigenvalue weighted by molar-refractivity contribution is 14.0. The van der Waals surface area contributed by atoms with Gasteiger partial charge in [-0.1, -0.05) is 26.7 Å². The molecule has 1 aliphatic heterocycles. The van der Waals surface area contributed by atoms with Crippen LogP contribution in [0, 0.1) is 5.92 Å². The number of likely N-dealkylation sites (tertiary alicyclic amines) is 1. The number of hydrogen-bond acceptors (Lipinski definition) is 3. The Hall–Kier alpha value is -0.830. The molecule has 7 heteroatoms. The molecule has 6 nitrogen and oxygen atoms in total. The van der Waals surface area contributed by atoms with Crippen LogP contribution in [0.25, 0.3) is 0 Å². The Kier molecular flexibility index (Phi) is 11.1. The number of halogens is 1. The standard InChI is InChI=1S/C18H34N6.HI/c1-16(2)17(24-10-6-4-5-7-11-24)14-22-18(19-3)21-9-13-23-12-8-20-15-23;/h8,12,15-17H,4-7,9-11,13-14H2,1-3H3,(H2,19,21,22);1H. The van der Waals surface area contributed by atoms with Gasteiger partial charge in [-0.2, -0.15) is 0 Å². The van der Waals surface area contributed by atoms with E-state index in [9.17, 15) is 0 Å². The number of nitrogens with one attached hydrogen (secondary N) is 2. The van der Waals surface area contributed by atoms with Gasteiger partial charge < -0.3 is 15.2 Å². The summed E-state index contributed by atoms with van der Waals surface area (Å²) >= 11 is 0. The summed E-state index contributed by atoms with van der Waals surface area (Å²) in [5, 5.41) is 6.91. The zero-order valence-electron chi connectivity index (χ0n) is 15.9. The van der Waals surface area contributed by atoms with E-state index >= 15 is 0 Å². The number of imidazole rings is 1. The van der Waals surface area contributed by atoms with Gasteiger partial charge in [-0.15, -0.1) is 24.0 Å². The molecule has 0 aliphatic carbocycles. The second-order valence-corrected chi connectivity index (χ2v) is 6.94. The molecule has 1 aliphatic rings. The van der Waals surface area contributed by atoms with Crippen LogP contribution in [-0.2, 0) is 6.54 Å². The maximum absolute atomic E-state index is 4.35. The molecule has 1 fully saturated rings. The molecule has 2 heterocycles. The summed E-state index contributed by atoms with van der Waals surface area (Å²) in [6, 6.07) is 0.565. The van der Waals surface area contributed by atoms with Gasteiger partial charge in [0.1, 0.15) is 0 Å². The van der Waals surface area contributed by atoms with Gasteiger partial charge in [0.05, 0.1) is 6.33 Å². The highest BCUT2D eigenvalue weighted by Crippen LogP contribution is 2.16. The molecular weight excluding hydrogens is 427 g/mol. The highest BCUT2D eigenvalue weighted by Gasteiger charge is 2.22. The second kappa shape index (κ2) is 12.5. The predicted molar refractivity (Wildman–Crippen MR) is 116 cm³/mol. The fourth-order valence-electron chi connectivity index (χ4n) is 3.36. The summed E-state index contributed by atoms with van der Waals surface area (Å²) in [5.74, 6) is 1.52. The van der Waals surface area contributed by atoms with Gasteiger partial charge in [-0.25, -0.2) is 4.98 Å². The van der Waals surface area contributed by atoms with Gasteiger partial charge >= 0.3 is 0 Å². The van der Waals surface area contributed by atoms with Gasteiger partial charge in [-0.05, 0) is 31.8 Å². The van der Waals surface area contributed by atoms with E-state index in [2.05, 4.69) is 43.9 Å². The van der Waals surface area contributed by atoms with Crippen LogP contribution in [0.3, 0.4) is 0 Å². The zero-order valence-corrected chi connectivity index (χ0v) is 18.3. The molecule has 0 radical (unpaired) electrons. The number of hydrogen-bond donors (Lipinski definition) is 2. The number of aliphatic imine (C=N–C) groups is 1. The third-order valence-electron chi connectivity index (χ3n) is 4.80. The third kappa shape index (κ3) is 7.94. The molecule has 2 N–H and O–H groups in total. The third-order valence-corrected chi connectivity index (χ3v) is 4.80. The molecule has 1 atom stereocenters. The molecule has 0 aromatic carbocycles. The smallest absolute Gasteiger partial charge is 0.191 e.